The Morgan fingerprint density at radius 1 is 0.500 bits per heavy atom. The molecule has 1 saturated heterocycles. The van der Waals surface area contributed by atoms with Gasteiger partial charge in [0.15, 0.2) is 0 Å². The Labute approximate surface area is 49.3 Å². The Morgan fingerprint density at radius 2 is 0.625 bits per heavy atom. The summed E-state index contributed by atoms with van der Waals surface area (Å²) in [5.41, 5.74) is 0. The van der Waals surface area contributed by atoms with Crippen molar-refractivity contribution in [2.45, 2.75) is 0 Å². The van der Waals surface area contributed by atoms with Gasteiger partial charge in [-0.1, -0.05) is 0 Å². The first-order valence-corrected chi connectivity index (χ1v) is 11.4. The Bertz CT molecular complexity index is 148. The largest absolute Gasteiger partial charge is 0.381 e. The quantitative estimate of drug-likeness (QED) is 0.400. The van der Waals surface area contributed by atoms with Crippen molar-refractivity contribution in [3.05, 3.63) is 0 Å². The minimum atomic E-state index is -2.32. The maximum Gasteiger partial charge on any atom is 0.381 e. The number of hydrogen-bond donors (Lipinski definition) is 0. The maximum atomic E-state index is 10.2. The summed E-state index contributed by atoms with van der Waals surface area (Å²) in [5.74, 6) is 0. The van der Waals surface area contributed by atoms with Gasteiger partial charge in [0.25, 0.3) is 0 Å². The summed E-state index contributed by atoms with van der Waals surface area (Å²) >= 11 is 0. The molecular weight excluding hydrogens is 176 g/mol. The molecule has 1 fully saturated rings. The predicted molar refractivity (Wildman–Crippen MR) is 25.8 cm³/mol. The van der Waals surface area contributed by atoms with E-state index < -0.39 is 30.9 Å². The van der Waals surface area contributed by atoms with Crippen LogP contribution in [0.5, 0.6) is 0 Å². The third-order valence-electron chi connectivity index (χ3n) is 0.825. The highest BCUT2D eigenvalue weighted by Crippen LogP contribution is 1.87. The lowest BCUT2D eigenvalue weighted by atomic mass is 15.9. The van der Waals surface area contributed by atoms with Gasteiger partial charge in [0, 0.05) is 0 Å². The summed E-state index contributed by atoms with van der Waals surface area (Å²) in [6, 6.07) is 0. The predicted octanol–water partition coefficient (Wildman–Crippen LogP) is -2.00. The molecule has 0 aliphatic carbocycles. The van der Waals surface area contributed by atoms with Crippen LogP contribution in [0.2, 0.25) is 0 Å². The van der Waals surface area contributed by atoms with Crippen LogP contribution in [0.25, 0.3) is 0 Å². The van der Waals surface area contributed by atoms with Gasteiger partial charge < -0.3 is 17.8 Å². The van der Waals surface area contributed by atoms with Crippen LogP contribution in [0, 0.1) is 0 Å². The molecule has 1 heterocycles. The molecule has 8 heteroatoms. The lowest BCUT2D eigenvalue weighted by molar-refractivity contribution is 0.531. The van der Waals surface area contributed by atoms with E-state index in [0.717, 1.165) is 0 Å². The minimum Gasteiger partial charge on any atom is -0.381 e. The molecule has 0 atom stereocenters. The normalized spacial score (nSPS) is 19.0. The SMILES string of the molecule is O=[Si]1[Si](=O)[Si](=O)[Si]1=O. The number of hydrogen-bond acceptors (Lipinski definition) is 4. The lowest BCUT2D eigenvalue weighted by Gasteiger charge is -1.94. The molecule has 0 N–H and O–H groups in total. The van der Waals surface area contributed by atoms with E-state index in [9.17, 15) is 17.8 Å². The fourth-order valence-electron chi connectivity index (χ4n) is 0.350. The summed E-state index contributed by atoms with van der Waals surface area (Å²) in [5, 5.41) is 0. The van der Waals surface area contributed by atoms with E-state index >= 15 is 0 Å². The maximum absolute atomic E-state index is 10.2. The van der Waals surface area contributed by atoms with Crippen molar-refractivity contribution in [3.8, 4) is 0 Å². The molecule has 0 unspecified atom stereocenters. The molecular formula is O4Si4. The second-order valence-electron chi connectivity index (χ2n) is 1.32. The molecule has 0 aromatic rings. The third-order valence-corrected chi connectivity index (χ3v) is 32.8. The molecule has 8 heavy (non-hydrogen) atoms. The van der Waals surface area contributed by atoms with E-state index in [1.807, 2.05) is 0 Å². The zero-order valence-electron chi connectivity index (χ0n) is 3.63. The highest BCUT2D eigenvalue weighted by Gasteiger charge is 2.55. The Kier molecular flexibility index (Phi) is 1.38. The van der Waals surface area contributed by atoms with Crippen LogP contribution in [0.15, 0.2) is 0 Å². The van der Waals surface area contributed by atoms with Crippen molar-refractivity contribution in [3.63, 3.8) is 0 Å². The zero-order chi connectivity index (χ0) is 6.31. The average molecular weight is 176 g/mol. The topological polar surface area (TPSA) is 68.3 Å². The first-order valence-electron chi connectivity index (χ1n) is 1.82. The molecule has 1 rings (SSSR count). The van der Waals surface area contributed by atoms with Gasteiger partial charge in [-0.15, -0.1) is 0 Å². The molecule has 4 nitrogen and oxygen atoms in total. The summed E-state index contributed by atoms with van der Waals surface area (Å²) in [7, 11) is -9.29. The summed E-state index contributed by atoms with van der Waals surface area (Å²) in [6.45, 7) is 0. The number of rotatable bonds is 0. The van der Waals surface area contributed by atoms with Crippen molar-refractivity contribution < 1.29 is 17.8 Å². The van der Waals surface area contributed by atoms with Crippen LogP contribution in [-0.4, -0.2) is 30.9 Å². The van der Waals surface area contributed by atoms with Crippen LogP contribution in [0.4, 0.5) is 0 Å². The average Bonchev–Trinajstić information content (AvgIpc) is 1.83. The van der Waals surface area contributed by atoms with Crippen molar-refractivity contribution in [1.82, 2.24) is 0 Å². The van der Waals surface area contributed by atoms with E-state index in [-0.39, 0.29) is 0 Å². The van der Waals surface area contributed by atoms with Gasteiger partial charge >= 0.3 is 30.9 Å². The lowest BCUT2D eigenvalue weighted by Crippen LogP contribution is -2.58. The van der Waals surface area contributed by atoms with E-state index in [2.05, 4.69) is 0 Å². The van der Waals surface area contributed by atoms with Crippen LogP contribution in [0.3, 0.4) is 0 Å². The van der Waals surface area contributed by atoms with Gasteiger partial charge in [0.2, 0.25) is 0 Å². The standard InChI is InChI=1S/O4Si4/c1-5-6(2)8(4)7(5)3. The van der Waals surface area contributed by atoms with E-state index in [1.165, 1.54) is 0 Å². The molecule has 0 bridgehead atoms. The third kappa shape index (κ3) is 0.604. The first kappa shape index (κ1) is 6.19. The van der Waals surface area contributed by atoms with Crippen LogP contribution >= 0.6 is 0 Å². The second kappa shape index (κ2) is 1.79. The van der Waals surface area contributed by atoms with E-state index in [0.29, 0.717) is 0 Å². The zero-order valence-corrected chi connectivity index (χ0v) is 7.63. The van der Waals surface area contributed by atoms with Gasteiger partial charge in [-0.3, -0.25) is 0 Å². The van der Waals surface area contributed by atoms with E-state index in [1.54, 1.807) is 0 Å². The molecule has 0 aromatic carbocycles. The first-order chi connectivity index (χ1) is 3.64. The van der Waals surface area contributed by atoms with Crippen LogP contribution in [0.1, 0.15) is 0 Å². The van der Waals surface area contributed by atoms with Gasteiger partial charge in [-0.05, 0) is 0 Å². The van der Waals surface area contributed by atoms with Crippen LogP contribution < -0.4 is 0 Å². The van der Waals surface area contributed by atoms with Gasteiger partial charge in [-0.25, -0.2) is 0 Å². The Balaban J connectivity index is 3.00. The van der Waals surface area contributed by atoms with Crippen molar-refractivity contribution in [2.24, 2.45) is 0 Å². The molecule has 1 aliphatic rings. The summed E-state index contributed by atoms with van der Waals surface area (Å²) in [6.07, 6.45) is 0. The smallest absolute Gasteiger partial charge is 0.381 e. The monoisotopic (exact) mass is 176 g/mol. The van der Waals surface area contributed by atoms with E-state index in [4.69, 9.17) is 0 Å². The Hall–Kier alpha value is 0.0675. The summed E-state index contributed by atoms with van der Waals surface area (Å²) in [4.78, 5) is 0. The molecule has 0 amide bonds. The Morgan fingerprint density at radius 3 is 0.750 bits per heavy atom. The molecule has 0 aromatic heterocycles. The highest BCUT2D eigenvalue weighted by atomic mass is 30.1. The van der Waals surface area contributed by atoms with Crippen LogP contribution in [-0.2, 0) is 17.8 Å². The molecule has 1 aliphatic heterocycles. The van der Waals surface area contributed by atoms with Gasteiger partial charge in [-0.2, -0.15) is 0 Å². The summed E-state index contributed by atoms with van der Waals surface area (Å²) < 4.78 is 41.0. The second-order valence-corrected chi connectivity index (χ2v) is 20.8. The molecule has 40 valence electrons. The minimum absolute atomic E-state index is 2.32. The highest BCUT2D eigenvalue weighted by molar-refractivity contribution is 7.83. The van der Waals surface area contributed by atoms with Gasteiger partial charge in [0.05, 0.1) is 0 Å². The fourth-order valence-corrected chi connectivity index (χ4v) is 23.8. The van der Waals surface area contributed by atoms with Crippen molar-refractivity contribution in [1.29, 1.82) is 0 Å². The molecule has 0 radical (unpaired) electrons. The molecule has 0 spiro atoms. The fraction of sp³-hybridized carbons (Fsp3) is 0. The van der Waals surface area contributed by atoms with Crippen molar-refractivity contribution in [2.75, 3.05) is 0 Å². The van der Waals surface area contributed by atoms with Crippen molar-refractivity contribution >= 4 is 30.9 Å². The van der Waals surface area contributed by atoms with Gasteiger partial charge in [0.1, 0.15) is 0 Å². The molecule has 0 saturated carbocycles.